The molecule has 30 heavy (non-hydrogen) atoms. The van der Waals surface area contributed by atoms with Gasteiger partial charge in [0.15, 0.2) is 0 Å². The first-order chi connectivity index (χ1) is 14.2. The summed E-state index contributed by atoms with van der Waals surface area (Å²) in [4.78, 5) is 0. The molecule has 164 valence electrons. The minimum Gasteiger partial charge on any atom is -0.508 e. The zero-order chi connectivity index (χ0) is 21.7. The molecule has 0 spiro atoms. The third-order valence-corrected chi connectivity index (χ3v) is 5.63. The van der Waals surface area contributed by atoms with Gasteiger partial charge in [-0.25, -0.2) is 8.42 Å². The van der Waals surface area contributed by atoms with Gasteiger partial charge in [-0.1, -0.05) is 6.07 Å². The molecule has 8 nitrogen and oxygen atoms in total. The monoisotopic (exact) mass is 436 g/mol. The summed E-state index contributed by atoms with van der Waals surface area (Å²) in [6.45, 7) is 1.17. The molecule has 5 N–H and O–H groups in total. The number of rotatable bonds is 9. The number of sulfonamides is 1. The molecule has 1 aliphatic carbocycles. The van der Waals surface area contributed by atoms with Crippen LogP contribution in [0.25, 0.3) is 0 Å². The summed E-state index contributed by atoms with van der Waals surface area (Å²) in [5, 5.41) is 32.7. The number of fused-ring (bicyclic) bond motifs is 1. The topological polar surface area (TPSA) is 128 Å². The molecule has 0 saturated carbocycles. The average Bonchev–Trinajstić information content (AvgIpc) is 2.67. The number of nitrogens with one attached hydrogen (secondary N) is 2. The lowest BCUT2D eigenvalue weighted by atomic mass is 9.84. The van der Waals surface area contributed by atoms with Gasteiger partial charge >= 0.3 is 0 Å². The smallest absolute Gasteiger partial charge is 0.229 e. The van der Waals surface area contributed by atoms with Crippen LogP contribution < -0.4 is 14.8 Å². The van der Waals surface area contributed by atoms with Crippen LogP contribution in [0.5, 0.6) is 17.2 Å². The molecule has 1 aliphatic rings. The molecule has 0 fully saturated rings. The van der Waals surface area contributed by atoms with E-state index in [4.69, 9.17) is 4.74 Å². The van der Waals surface area contributed by atoms with Crippen LogP contribution in [-0.2, 0) is 22.9 Å². The second-order valence-electron chi connectivity index (χ2n) is 7.74. The summed E-state index contributed by atoms with van der Waals surface area (Å²) in [5.74, 6) is 0.905. The fraction of sp³-hybridized carbons (Fsp3) is 0.429. The van der Waals surface area contributed by atoms with Crippen molar-refractivity contribution < 1.29 is 28.5 Å². The van der Waals surface area contributed by atoms with Crippen LogP contribution >= 0.6 is 0 Å². The van der Waals surface area contributed by atoms with E-state index in [0.717, 1.165) is 32.1 Å². The Hall–Kier alpha value is -2.49. The molecular weight excluding hydrogens is 408 g/mol. The molecule has 0 amide bonds. The third kappa shape index (κ3) is 6.51. The van der Waals surface area contributed by atoms with Crippen molar-refractivity contribution in [2.75, 3.05) is 30.7 Å². The number of aryl methyl sites for hydroxylation is 1. The maximum absolute atomic E-state index is 11.3. The Morgan fingerprint density at radius 3 is 2.73 bits per heavy atom. The molecule has 0 saturated heterocycles. The summed E-state index contributed by atoms with van der Waals surface area (Å²) >= 11 is 0. The van der Waals surface area contributed by atoms with Crippen molar-refractivity contribution in [1.29, 1.82) is 0 Å². The molecule has 0 aromatic heterocycles. The van der Waals surface area contributed by atoms with Gasteiger partial charge in [-0.3, -0.25) is 4.72 Å². The van der Waals surface area contributed by atoms with Crippen molar-refractivity contribution in [2.24, 2.45) is 5.92 Å². The zero-order valence-corrected chi connectivity index (χ0v) is 17.7. The predicted octanol–water partition coefficient (Wildman–Crippen LogP) is 1.60. The Bertz CT molecular complexity index is 979. The van der Waals surface area contributed by atoms with Crippen LogP contribution in [0, 0.1) is 5.92 Å². The van der Waals surface area contributed by atoms with E-state index in [0.29, 0.717) is 24.0 Å². The molecule has 0 heterocycles. The number of anilines is 1. The van der Waals surface area contributed by atoms with Gasteiger partial charge in [0.1, 0.15) is 30.0 Å². The Morgan fingerprint density at radius 2 is 1.97 bits per heavy atom. The molecule has 2 aromatic carbocycles. The molecule has 2 aromatic rings. The summed E-state index contributed by atoms with van der Waals surface area (Å²) in [7, 11) is -3.53. The third-order valence-electron chi connectivity index (χ3n) is 5.04. The van der Waals surface area contributed by atoms with Crippen LogP contribution in [-0.4, -0.2) is 55.8 Å². The van der Waals surface area contributed by atoms with Gasteiger partial charge in [0.2, 0.25) is 10.0 Å². The lowest BCUT2D eigenvalue weighted by molar-refractivity contribution is 0.105. The highest BCUT2D eigenvalue weighted by Gasteiger charge is 2.19. The second kappa shape index (κ2) is 9.55. The van der Waals surface area contributed by atoms with Crippen molar-refractivity contribution in [1.82, 2.24) is 5.32 Å². The largest absolute Gasteiger partial charge is 0.508 e. The molecular formula is C21H28N2O6S. The zero-order valence-electron chi connectivity index (χ0n) is 16.8. The van der Waals surface area contributed by atoms with Gasteiger partial charge in [-0.2, -0.15) is 0 Å². The van der Waals surface area contributed by atoms with Crippen LogP contribution in [0.2, 0.25) is 0 Å². The molecule has 0 bridgehead atoms. The normalized spacial score (nSPS) is 17.2. The van der Waals surface area contributed by atoms with E-state index in [1.165, 1.54) is 29.3 Å². The van der Waals surface area contributed by atoms with E-state index in [1.807, 2.05) is 12.1 Å². The van der Waals surface area contributed by atoms with Gasteiger partial charge in [0.25, 0.3) is 0 Å². The van der Waals surface area contributed by atoms with E-state index < -0.39 is 16.1 Å². The molecule has 0 aliphatic heterocycles. The molecule has 2 atom stereocenters. The van der Waals surface area contributed by atoms with E-state index in [2.05, 4.69) is 10.0 Å². The molecule has 1 unspecified atom stereocenters. The fourth-order valence-electron chi connectivity index (χ4n) is 3.58. The van der Waals surface area contributed by atoms with Crippen molar-refractivity contribution in [2.45, 2.75) is 25.4 Å². The number of aromatic hydroxyl groups is 2. The maximum atomic E-state index is 11.3. The minimum atomic E-state index is -3.53. The maximum Gasteiger partial charge on any atom is 0.229 e. The average molecular weight is 437 g/mol. The van der Waals surface area contributed by atoms with Crippen molar-refractivity contribution in [3.8, 4) is 17.2 Å². The summed E-state index contributed by atoms with van der Waals surface area (Å²) < 4.78 is 30.4. The van der Waals surface area contributed by atoms with Crippen LogP contribution in [0.15, 0.2) is 36.4 Å². The number of aliphatic hydroxyl groups is 1. The van der Waals surface area contributed by atoms with Crippen LogP contribution in [0.4, 0.5) is 5.69 Å². The number of ether oxygens (including phenoxy) is 1. The van der Waals surface area contributed by atoms with Gasteiger partial charge in [0.05, 0.1) is 11.9 Å². The van der Waals surface area contributed by atoms with Gasteiger partial charge in [-0.05, 0) is 67.1 Å². The highest BCUT2D eigenvalue weighted by atomic mass is 32.2. The van der Waals surface area contributed by atoms with Gasteiger partial charge in [0, 0.05) is 12.6 Å². The van der Waals surface area contributed by atoms with Crippen LogP contribution in [0.1, 0.15) is 17.5 Å². The Morgan fingerprint density at radius 1 is 1.17 bits per heavy atom. The Kier molecular flexibility index (Phi) is 7.06. The minimum absolute atomic E-state index is 0.0218. The number of hydrogen-bond acceptors (Lipinski definition) is 7. The number of hydrogen-bond donors (Lipinski definition) is 5. The lowest BCUT2D eigenvalue weighted by Crippen LogP contribution is -2.35. The van der Waals surface area contributed by atoms with E-state index in [9.17, 15) is 23.7 Å². The first kappa shape index (κ1) is 22.2. The van der Waals surface area contributed by atoms with Gasteiger partial charge < -0.3 is 25.4 Å². The van der Waals surface area contributed by atoms with Crippen LogP contribution in [0.3, 0.4) is 0 Å². The summed E-state index contributed by atoms with van der Waals surface area (Å²) in [6.07, 6.45) is 3.16. The highest BCUT2D eigenvalue weighted by molar-refractivity contribution is 7.92. The number of phenols is 2. The van der Waals surface area contributed by atoms with E-state index in [-0.39, 0.29) is 18.0 Å². The number of benzene rings is 2. The van der Waals surface area contributed by atoms with Crippen molar-refractivity contribution >= 4 is 15.7 Å². The lowest BCUT2D eigenvalue weighted by Gasteiger charge is -2.25. The molecule has 0 radical (unpaired) electrons. The van der Waals surface area contributed by atoms with Gasteiger partial charge in [-0.15, -0.1) is 0 Å². The van der Waals surface area contributed by atoms with Crippen molar-refractivity contribution in [3.05, 3.63) is 47.5 Å². The summed E-state index contributed by atoms with van der Waals surface area (Å²) in [6, 6.07) is 9.72. The highest BCUT2D eigenvalue weighted by Crippen LogP contribution is 2.29. The second-order valence-corrected chi connectivity index (χ2v) is 9.49. The van der Waals surface area contributed by atoms with E-state index >= 15 is 0 Å². The SMILES string of the molecule is CS(=O)(=O)Nc1cc(OC[C@@H](O)CNCC2CCc3cc(O)ccc3C2)ccc1O. The van der Waals surface area contributed by atoms with Crippen molar-refractivity contribution in [3.63, 3.8) is 0 Å². The number of phenolic OH excluding ortho intramolecular Hbond substituents is 2. The predicted molar refractivity (Wildman–Crippen MR) is 115 cm³/mol. The molecule has 3 rings (SSSR count). The fourth-order valence-corrected chi connectivity index (χ4v) is 4.15. The standard InChI is InChI=1S/C21H28N2O6S/c1-30(27,28)23-20-10-19(6-7-21(20)26)29-13-18(25)12-22-11-14-2-3-16-9-17(24)5-4-15(16)8-14/h4-7,9-10,14,18,22-26H,2-3,8,11-13H2,1H3/t14?,18-/m0/s1. The Labute approximate surface area is 176 Å². The molecule has 9 heteroatoms. The quantitative estimate of drug-likeness (QED) is 0.378. The summed E-state index contributed by atoms with van der Waals surface area (Å²) in [5.41, 5.74) is 2.49. The first-order valence-electron chi connectivity index (χ1n) is 9.83. The Balaban J connectivity index is 1.42. The number of aliphatic hydroxyl groups excluding tert-OH is 1. The van der Waals surface area contributed by atoms with E-state index in [1.54, 1.807) is 6.07 Å². The first-order valence-corrected chi connectivity index (χ1v) is 11.7.